The second-order valence-corrected chi connectivity index (χ2v) is 4.71. The smallest absolute Gasteiger partial charge is 0.406 e. The summed E-state index contributed by atoms with van der Waals surface area (Å²) in [5.41, 5.74) is 6.50. The monoisotopic (exact) mass is 276 g/mol. The van der Waals surface area contributed by atoms with Gasteiger partial charge in [0.15, 0.2) is 0 Å². The number of hydrogen-bond donors (Lipinski definition) is 2. The Hall–Kier alpha value is -1.27. The lowest BCUT2D eigenvalue weighted by atomic mass is 10.1. The van der Waals surface area contributed by atoms with E-state index in [-0.39, 0.29) is 11.8 Å². The number of rotatable bonds is 6. The molecule has 0 aromatic heterocycles. The molecule has 0 fully saturated rings. The van der Waals surface area contributed by atoms with Gasteiger partial charge < -0.3 is 15.8 Å². The Morgan fingerprint density at radius 1 is 1.21 bits per heavy atom. The van der Waals surface area contributed by atoms with Crippen LogP contribution in [-0.4, -0.2) is 19.5 Å². The molecule has 3 nitrogen and oxygen atoms in total. The van der Waals surface area contributed by atoms with Crippen molar-refractivity contribution in [3.8, 4) is 5.75 Å². The van der Waals surface area contributed by atoms with Crippen LogP contribution in [0.3, 0.4) is 0 Å². The lowest BCUT2D eigenvalue weighted by molar-refractivity contribution is -0.274. The summed E-state index contributed by atoms with van der Waals surface area (Å²) < 4.78 is 39.9. The zero-order chi connectivity index (χ0) is 14.5. The molecule has 0 bridgehead atoms. The summed E-state index contributed by atoms with van der Waals surface area (Å²) in [5.74, 6) is 0.248. The largest absolute Gasteiger partial charge is 0.573 e. The normalized spacial score (nSPS) is 13.6. The van der Waals surface area contributed by atoms with E-state index in [1.807, 2.05) is 0 Å². The maximum Gasteiger partial charge on any atom is 0.573 e. The second kappa shape index (κ2) is 6.77. The summed E-state index contributed by atoms with van der Waals surface area (Å²) in [4.78, 5) is 0. The molecule has 0 aliphatic carbocycles. The van der Waals surface area contributed by atoms with E-state index in [0.29, 0.717) is 12.5 Å². The summed E-state index contributed by atoms with van der Waals surface area (Å²) in [6.45, 7) is 5.32. The van der Waals surface area contributed by atoms with Gasteiger partial charge in [0, 0.05) is 12.6 Å². The Kier molecular flexibility index (Phi) is 5.62. The van der Waals surface area contributed by atoms with E-state index < -0.39 is 6.36 Å². The molecule has 1 rings (SSSR count). The van der Waals surface area contributed by atoms with E-state index in [9.17, 15) is 13.2 Å². The van der Waals surface area contributed by atoms with E-state index in [4.69, 9.17) is 5.73 Å². The van der Waals surface area contributed by atoms with E-state index in [0.717, 1.165) is 12.1 Å². The van der Waals surface area contributed by atoms with Crippen molar-refractivity contribution in [1.82, 2.24) is 5.32 Å². The van der Waals surface area contributed by atoms with Crippen LogP contribution in [0, 0.1) is 5.92 Å². The average molecular weight is 276 g/mol. The second-order valence-electron chi connectivity index (χ2n) is 4.71. The lowest BCUT2D eigenvalue weighted by Gasteiger charge is -2.19. The van der Waals surface area contributed by atoms with Crippen molar-refractivity contribution in [3.05, 3.63) is 29.8 Å². The zero-order valence-corrected chi connectivity index (χ0v) is 11.0. The SMILES string of the molecule is CC(C)CNC(CN)c1ccc(OC(F)(F)F)cc1. The minimum absolute atomic E-state index is 0.0673. The molecular formula is C13H19F3N2O. The molecule has 19 heavy (non-hydrogen) atoms. The van der Waals surface area contributed by atoms with E-state index in [2.05, 4.69) is 23.9 Å². The van der Waals surface area contributed by atoms with Crippen molar-refractivity contribution in [2.24, 2.45) is 11.7 Å². The fraction of sp³-hybridized carbons (Fsp3) is 0.538. The molecule has 3 N–H and O–H groups in total. The first kappa shape index (κ1) is 15.8. The number of halogens is 3. The third-order valence-electron chi connectivity index (χ3n) is 2.52. The molecule has 0 aliphatic rings. The van der Waals surface area contributed by atoms with E-state index in [1.54, 1.807) is 12.1 Å². The first-order valence-electron chi connectivity index (χ1n) is 6.11. The first-order chi connectivity index (χ1) is 8.81. The standard InChI is InChI=1S/C13H19F3N2O/c1-9(2)8-18-12(7-17)10-3-5-11(6-4-10)19-13(14,15)16/h3-6,9,12,18H,7-8,17H2,1-2H3. The first-order valence-corrected chi connectivity index (χ1v) is 6.11. The van der Waals surface area contributed by atoms with Gasteiger partial charge in [-0.15, -0.1) is 13.2 Å². The molecule has 0 heterocycles. The van der Waals surface area contributed by atoms with Crippen molar-refractivity contribution in [2.45, 2.75) is 26.3 Å². The number of hydrogen-bond acceptors (Lipinski definition) is 3. The predicted octanol–water partition coefficient (Wildman–Crippen LogP) is 2.83. The van der Waals surface area contributed by atoms with Crippen molar-refractivity contribution in [1.29, 1.82) is 0 Å². The lowest BCUT2D eigenvalue weighted by Crippen LogP contribution is -2.30. The van der Waals surface area contributed by atoms with Crippen molar-refractivity contribution >= 4 is 0 Å². The molecule has 1 aromatic rings. The topological polar surface area (TPSA) is 47.3 Å². The van der Waals surface area contributed by atoms with Crippen LogP contribution >= 0.6 is 0 Å². The fourth-order valence-electron chi connectivity index (χ4n) is 1.62. The summed E-state index contributed by atoms with van der Waals surface area (Å²) in [5, 5.41) is 3.26. The molecule has 1 unspecified atom stereocenters. The van der Waals surface area contributed by atoms with Gasteiger partial charge in [-0.2, -0.15) is 0 Å². The van der Waals surface area contributed by atoms with Gasteiger partial charge in [0.2, 0.25) is 0 Å². The van der Waals surface area contributed by atoms with Crippen LogP contribution in [0.1, 0.15) is 25.5 Å². The Balaban J connectivity index is 2.67. The molecular weight excluding hydrogens is 257 g/mol. The highest BCUT2D eigenvalue weighted by Crippen LogP contribution is 2.24. The zero-order valence-electron chi connectivity index (χ0n) is 11.0. The number of nitrogens with one attached hydrogen (secondary N) is 1. The van der Waals surface area contributed by atoms with Crippen LogP contribution < -0.4 is 15.8 Å². The van der Waals surface area contributed by atoms with Crippen LogP contribution in [0.5, 0.6) is 5.75 Å². The summed E-state index contributed by atoms with van der Waals surface area (Å²) in [7, 11) is 0. The van der Waals surface area contributed by atoms with Gasteiger partial charge >= 0.3 is 6.36 Å². The van der Waals surface area contributed by atoms with Gasteiger partial charge in [0.05, 0.1) is 0 Å². The van der Waals surface area contributed by atoms with Gasteiger partial charge in [0.1, 0.15) is 5.75 Å². The molecule has 0 radical (unpaired) electrons. The van der Waals surface area contributed by atoms with Crippen LogP contribution in [0.15, 0.2) is 24.3 Å². The molecule has 1 aromatic carbocycles. The number of alkyl halides is 3. The molecule has 0 saturated heterocycles. The van der Waals surface area contributed by atoms with Crippen molar-refractivity contribution in [3.63, 3.8) is 0 Å². The predicted molar refractivity (Wildman–Crippen MR) is 67.8 cm³/mol. The molecule has 6 heteroatoms. The third kappa shape index (κ3) is 5.94. The van der Waals surface area contributed by atoms with Gasteiger partial charge in [-0.3, -0.25) is 0 Å². The highest BCUT2D eigenvalue weighted by Gasteiger charge is 2.31. The molecule has 0 aliphatic heterocycles. The molecule has 108 valence electrons. The fourth-order valence-corrected chi connectivity index (χ4v) is 1.62. The minimum atomic E-state index is -4.66. The van der Waals surface area contributed by atoms with Crippen LogP contribution in [0.2, 0.25) is 0 Å². The van der Waals surface area contributed by atoms with Gasteiger partial charge in [-0.25, -0.2) is 0 Å². The quantitative estimate of drug-likeness (QED) is 0.840. The molecule has 0 saturated carbocycles. The Morgan fingerprint density at radius 3 is 2.21 bits per heavy atom. The average Bonchev–Trinajstić information content (AvgIpc) is 2.29. The van der Waals surface area contributed by atoms with Crippen LogP contribution in [-0.2, 0) is 0 Å². The summed E-state index contributed by atoms with van der Waals surface area (Å²) >= 11 is 0. The third-order valence-corrected chi connectivity index (χ3v) is 2.52. The summed E-state index contributed by atoms with van der Waals surface area (Å²) in [6.07, 6.45) is -4.66. The number of ether oxygens (including phenoxy) is 1. The van der Waals surface area contributed by atoms with Gasteiger partial charge in [-0.05, 0) is 30.2 Å². The summed E-state index contributed by atoms with van der Waals surface area (Å²) in [6, 6.07) is 5.70. The van der Waals surface area contributed by atoms with E-state index >= 15 is 0 Å². The molecule has 0 amide bonds. The Bertz CT molecular complexity index is 376. The van der Waals surface area contributed by atoms with E-state index in [1.165, 1.54) is 12.1 Å². The maximum atomic E-state index is 12.0. The van der Waals surface area contributed by atoms with Gasteiger partial charge in [-0.1, -0.05) is 26.0 Å². The van der Waals surface area contributed by atoms with Crippen LogP contribution in [0.25, 0.3) is 0 Å². The highest BCUT2D eigenvalue weighted by atomic mass is 19.4. The highest BCUT2D eigenvalue weighted by molar-refractivity contribution is 5.29. The van der Waals surface area contributed by atoms with Crippen LogP contribution in [0.4, 0.5) is 13.2 Å². The molecule has 0 spiro atoms. The number of benzene rings is 1. The van der Waals surface area contributed by atoms with Gasteiger partial charge in [0.25, 0.3) is 0 Å². The number of nitrogens with two attached hydrogens (primary N) is 1. The Labute approximate surface area is 110 Å². The minimum Gasteiger partial charge on any atom is -0.406 e. The van der Waals surface area contributed by atoms with Crippen molar-refractivity contribution in [2.75, 3.05) is 13.1 Å². The maximum absolute atomic E-state index is 12.0. The molecule has 1 atom stereocenters. The Morgan fingerprint density at radius 2 is 1.79 bits per heavy atom. The van der Waals surface area contributed by atoms with Crippen molar-refractivity contribution < 1.29 is 17.9 Å².